The average Bonchev–Trinajstić information content (AvgIpc) is 2.69. The van der Waals surface area contributed by atoms with E-state index in [4.69, 9.17) is 29.3 Å². The molecule has 0 bridgehead atoms. The van der Waals surface area contributed by atoms with Crippen LogP contribution in [-0.2, 0) is 16.1 Å². The van der Waals surface area contributed by atoms with Crippen LogP contribution in [0.25, 0.3) is 0 Å². The zero-order valence-electron chi connectivity index (χ0n) is 16.6. The summed E-state index contributed by atoms with van der Waals surface area (Å²) < 4.78 is 10.9. The second kappa shape index (κ2) is 14.8. The molecule has 2 rings (SSSR count). The Labute approximate surface area is 161 Å². The first kappa shape index (κ1) is 24.7. The monoisotopic (exact) mass is 384 g/mol. The van der Waals surface area contributed by atoms with Crippen molar-refractivity contribution in [2.45, 2.75) is 32.9 Å². The third-order valence-corrected chi connectivity index (χ3v) is 4.50. The van der Waals surface area contributed by atoms with E-state index in [1.54, 1.807) is 14.2 Å². The standard InChI is InChI=1S/C17H28N2O2.2CH2O2/c1-5-14(2)19-11-9-18(10-12-19)13-15-7-6-8-16(20-3)17(15)21-4;2*2-1-3/h6-8,14H,5,9-13H2,1-4H3;2*1H,(H,2,3). The number of ether oxygens (including phenoxy) is 2. The highest BCUT2D eigenvalue weighted by Gasteiger charge is 2.21. The van der Waals surface area contributed by atoms with Crippen molar-refractivity contribution in [3.63, 3.8) is 0 Å². The predicted molar refractivity (Wildman–Crippen MR) is 104 cm³/mol. The van der Waals surface area contributed by atoms with Gasteiger partial charge in [-0.15, -0.1) is 0 Å². The molecule has 8 heteroatoms. The minimum Gasteiger partial charge on any atom is -0.493 e. The van der Waals surface area contributed by atoms with Crippen molar-refractivity contribution in [1.82, 2.24) is 9.80 Å². The van der Waals surface area contributed by atoms with Gasteiger partial charge in [0.25, 0.3) is 12.9 Å². The Hall–Kier alpha value is -2.32. The molecule has 0 saturated carbocycles. The van der Waals surface area contributed by atoms with Gasteiger partial charge in [-0.1, -0.05) is 19.1 Å². The first-order chi connectivity index (χ1) is 13.0. The van der Waals surface area contributed by atoms with Gasteiger partial charge < -0.3 is 19.7 Å². The number of carbonyl (C=O) groups is 2. The molecule has 1 heterocycles. The van der Waals surface area contributed by atoms with Crippen LogP contribution in [0.3, 0.4) is 0 Å². The summed E-state index contributed by atoms with van der Waals surface area (Å²) in [6.45, 7) is 9.55. The summed E-state index contributed by atoms with van der Waals surface area (Å²) >= 11 is 0. The average molecular weight is 384 g/mol. The lowest BCUT2D eigenvalue weighted by atomic mass is 10.1. The van der Waals surface area contributed by atoms with E-state index in [1.807, 2.05) is 12.1 Å². The second-order valence-electron chi connectivity index (χ2n) is 5.93. The molecule has 8 nitrogen and oxygen atoms in total. The number of benzene rings is 1. The third-order valence-electron chi connectivity index (χ3n) is 4.50. The number of carboxylic acid groups (broad SMARTS) is 2. The highest BCUT2D eigenvalue weighted by molar-refractivity contribution is 5.46. The number of rotatable bonds is 6. The first-order valence-corrected chi connectivity index (χ1v) is 8.84. The van der Waals surface area contributed by atoms with Crippen LogP contribution >= 0.6 is 0 Å². The number of hydrogen-bond donors (Lipinski definition) is 2. The lowest BCUT2D eigenvalue weighted by molar-refractivity contribution is -0.123. The van der Waals surface area contributed by atoms with Gasteiger partial charge in [-0.25, -0.2) is 0 Å². The smallest absolute Gasteiger partial charge is 0.290 e. The van der Waals surface area contributed by atoms with Crippen molar-refractivity contribution in [3.8, 4) is 11.5 Å². The predicted octanol–water partition coefficient (Wildman–Crippen LogP) is 2.02. The van der Waals surface area contributed by atoms with Crippen LogP contribution in [0.1, 0.15) is 25.8 Å². The van der Waals surface area contributed by atoms with E-state index in [9.17, 15) is 0 Å². The number of methoxy groups -OCH3 is 2. The molecular weight excluding hydrogens is 352 g/mol. The Morgan fingerprint density at radius 1 is 1.07 bits per heavy atom. The largest absolute Gasteiger partial charge is 0.493 e. The zero-order valence-corrected chi connectivity index (χ0v) is 16.6. The van der Waals surface area contributed by atoms with Gasteiger partial charge in [0.1, 0.15) is 0 Å². The van der Waals surface area contributed by atoms with Gasteiger partial charge in [0, 0.05) is 44.3 Å². The van der Waals surface area contributed by atoms with Crippen LogP contribution in [0, 0.1) is 0 Å². The van der Waals surface area contributed by atoms with E-state index in [0.29, 0.717) is 6.04 Å². The van der Waals surface area contributed by atoms with Crippen LogP contribution < -0.4 is 9.47 Å². The molecule has 1 fully saturated rings. The molecule has 0 aromatic heterocycles. The van der Waals surface area contributed by atoms with Crippen molar-refractivity contribution < 1.29 is 29.3 Å². The minimum absolute atomic E-state index is 0.250. The fraction of sp³-hybridized carbons (Fsp3) is 0.579. The van der Waals surface area contributed by atoms with Gasteiger partial charge >= 0.3 is 0 Å². The lowest BCUT2D eigenvalue weighted by Crippen LogP contribution is -2.49. The van der Waals surface area contributed by atoms with Crippen molar-refractivity contribution in [3.05, 3.63) is 23.8 Å². The second-order valence-corrected chi connectivity index (χ2v) is 5.93. The summed E-state index contributed by atoms with van der Waals surface area (Å²) in [5.74, 6) is 1.68. The fourth-order valence-corrected chi connectivity index (χ4v) is 2.94. The molecule has 1 atom stereocenters. The van der Waals surface area contributed by atoms with Crippen molar-refractivity contribution in [2.24, 2.45) is 0 Å². The minimum atomic E-state index is -0.250. The van der Waals surface area contributed by atoms with Gasteiger partial charge in [-0.05, 0) is 19.4 Å². The highest BCUT2D eigenvalue weighted by atomic mass is 16.5. The maximum Gasteiger partial charge on any atom is 0.290 e. The lowest BCUT2D eigenvalue weighted by Gasteiger charge is -2.38. The molecule has 154 valence electrons. The molecule has 0 aliphatic carbocycles. The highest BCUT2D eigenvalue weighted by Crippen LogP contribution is 2.31. The topological polar surface area (TPSA) is 99.5 Å². The number of hydrogen-bond acceptors (Lipinski definition) is 6. The van der Waals surface area contributed by atoms with Gasteiger partial charge in [-0.2, -0.15) is 0 Å². The van der Waals surface area contributed by atoms with Crippen LogP contribution in [0.4, 0.5) is 0 Å². The van der Waals surface area contributed by atoms with Gasteiger partial charge in [0.05, 0.1) is 14.2 Å². The van der Waals surface area contributed by atoms with Gasteiger partial charge in [0.2, 0.25) is 0 Å². The van der Waals surface area contributed by atoms with E-state index in [1.165, 1.54) is 12.0 Å². The Kier molecular flexibility index (Phi) is 13.5. The molecule has 2 N–H and O–H groups in total. The summed E-state index contributed by atoms with van der Waals surface area (Å²) in [6.07, 6.45) is 1.23. The maximum absolute atomic E-state index is 8.36. The van der Waals surface area contributed by atoms with Crippen molar-refractivity contribution >= 4 is 12.9 Å². The molecular formula is C19H32N2O6. The molecule has 0 amide bonds. The number of nitrogens with zero attached hydrogens (tertiary/aromatic N) is 2. The maximum atomic E-state index is 8.36. The molecule has 0 radical (unpaired) electrons. The van der Waals surface area contributed by atoms with Gasteiger partial charge in [-0.3, -0.25) is 19.4 Å². The molecule has 0 spiro atoms. The SMILES string of the molecule is CCC(C)N1CCN(Cc2cccc(OC)c2OC)CC1.O=CO.O=CO. The molecule has 1 aliphatic rings. The summed E-state index contributed by atoms with van der Waals surface area (Å²) in [7, 11) is 3.40. The Morgan fingerprint density at radius 3 is 2.07 bits per heavy atom. The van der Waals surface area contributed by atoms with Crippen molar-refractivity contribution in [1.29, 1.82) is 0 Å². The summed E-state index contributed by atoms with van der Waals surface area (Å²) in [5, 5.41) is 13.8. The molecule has 1 unspecified atom stereocenters. The van der Waals surface area contributed by atoms with E-state index < -0.39 is 0 Å². The molecule has 1 saturated heterocycles. The van der Waals surface area contributed by atoms with E-state index >= 15 is 0 Å². The number of para-hydroxylation sites is 1. The van der Waals surface area contributed by atoms with Crippen LogP contribution in [0.5, 0.6) is 11.5 Å². The summed E-state index contributed by atoms with van der Waals surface area (Å²) in [4.78, 5) is 21.8. The summed E-state index contributed by atoms with van der Waals surface area (Å²) in [5.41, 5.74) is 1.20. The van der Waals surface area contributed by atoms with E-state index in [2.05, 4.69) is 29.7 Å². The quantitative estimate of drug-likeness (QED) is 0.719. The first-order valence-electron chi connectivity index (χ1n) is 8.84. The van der Waals surface area contributed by atoms with Crippen LogP contribution in [0.15, 0.2) is 18.2 Å². The molecule has 1 aliphatic heterocycles. The van der Waals surface area contributed by atoms with E-state index in [0.717, 1.165) is 44.2 Å². The zero-order chi connectivity index (χ0) is 20.7. The normalized spacial score (nSPS) is 15.3. The Morgan fingerprint density at radius 2 is 1.63 bits per heavy atom. The van der Waals surface area contributed by atoms with E-state index in [-0.39, 0.29) is 12.9 Å². The molecule has 1 aromatic carbocycles. The van der Waals surface area contributed by atoms with Gasteiger partial charge in [0.15, 0.2) is 11.5 Å². The third kappa shape index (κ3) is 8.74. The van der Waals surface area contributed by atoms with Crippen LogP contribution in [0.2, 0.25) is 0 Å². The van der Waals surface area contributed by atoms with Crippen LogP contribution in [-0.4, -0.2) is 79.4 Å². The Bertz CT molecular complexity index is 527. The fourth-order valence-electron chi connectivity index (χ4n) is 2.94. The summed E-state index contributed by atoms with van der Waals surface area (Å²) in [6, 6.07) is 6.80. The number of piperazine rings is 1. The Balaban J connectivity index is 0.000000997. The molecule has 27 heavy (non-hydrogen) atoms. The van der Waals surface area contributed by atoms with Crippen molar-refractivity contribution in [2.75, 3.05) is 40.4 Å². The molecule has 1 aromatic rings.